The Kier molecular flexibility index (Phi) is 84.5. The van der Waals surface area contributed by atoms with Crippen LogP contribution in [0.4, 0.5) is 0 Å². The lowest BCUT2D eigenvalue weighted by molar-refractivity contribution is -0.161. The number of phosphoric ester groups is 2. The molecule has 6 unspecified atom stereocenters. The predicted octanol–water partition coefficient (Wildman–Crippen LogP) is 24.3. The highest BCUT2D eigenvalue weighted by atomic mass is 33.1. The van der Waals surface area contributed by atoms with Crippen LogP contribution in [0.3, 0.4) is 0 Å². The molecule has 26 heteroatoms. The quantitative estimate of drug-likeness (QED) is 0.0108. The van der Waals surface area contributed by atoms with Gasteiger partial charge in [-0.1, -0.05) is 409 Å². The van der Waals surface area contributed by atoms with Gasteiger partial charge in [0.1, 0.15) is 13.2 Å². The van der Waals surface area contributed by atoms with Crippen LogP contribution >= 0.6 is 37.2 Å². The van der Waals surface area contributed by atoms with E-state index in [1.165, 1.54) is 291 Å². The first-order chi connectivity index (χ1) is 56.4. The van der Waals surface area contributed by atoms with Crippen molar-refractivity contribution in [2.24, 2.45) is 0 Å². The van der Waals surface area contributed by atoms with E-state index in [0.717, 1.165) is 89.9 Å². The molecule has 116 heavy (non-hydrogen) atoms. The number of phosphoric acid groups is 2. The predicted molar refractivity (Wildman–Crippen MR) is 476 cm³/mol. The summed E-state index contributed by atoms with van der Waals surface area (Å²) >= 11 is 0. The number of amides is 2. The second-order valence-corrected chi connectivity index (χ2v) is 38.2. The molecule has 0 bridgehead atoms. The summed E-state index contributed by atoms with van der Waals surface area (Å²) < 4.78 is 69.3. The Morgan fingerprint density at radius 2 is 0.457 bits per heavy atom. The van der Waals surface area contributed by atoms with E-state index in [1.54, 1.807) is 0 Å². The molecule has 2 amide bonds. The number of ether oxygens (including phenoxy) is 4. The summed E-state index contributed by atoms with van der Waals surface area (Å²) in [6.07, 6.45) is 69.4. The molecule has 0 heterocycles. The standard InChI is InChI=1S/C90H174N2O20P2S2/c1-5-9-13-17-21-25-29-33-37-41-45-49-53-57-61-65-87(97)105-77-83(111-89(99)67-63-59-55-51-47-43-39-35-31-27-23-19-15-11-7-3)79-109-113(101,102)107-75-81(73-93)91-85(95)69-71-115-116-72-70-86(96)92-82(74-94)76-108-114(103,104)110-80-84(112-90(100)68-64-60-56-52-48-44-40-36-32-28-24-20-16-12-8-4)78-106-88(98)66-62-58-54-50-46-42-38-34-30-26-22-18-14-10-6-2/h81-84,93-94H,5-80H2,1-4H3,(H,91,95)(H,92,96)(H,101,102)(H,103,104). The normalized spacial score (nSPS) is 13.7. The Morgan fingerprint density at radius 1 is 0.267 bits per heavy atom. The molecule has 0 saturated carbocycles. The Balaban J connectivity index is 5.12. The highest BCUT2D eigenvalue weighted by molar-refractivity contribution is 8.76. The number of rotatable bonds is 93. The van der Waals surface area contributed by atoms with Crippen LogP contribution in [0, 0.1) is 0 Å². The lowest BCUT2D eigenvalue weighted by atomic mass is 10.0. The summed E-state index contributed by atoms with van der Waals surface area (Å²) in [5.74, 6) is -2.48. The Morgan fingerprint density at radius 3 is 0.664 bits per heavy atom. The van der Waals surface area contributed by atoms with Crippen molar-refractivity contribution in [1.82, 2.24) is 10.6 Å². The van der Waals surface area contributed by atoms with Crippen LogP contribution < -0.4 is 10.6 Å². The van der Waals surface area contributed by atoms with Gasteiger partial charge in [0.05, 0.1) is 51.7 Å². The van der Waals surface area contributed by atoms with Gasteiger partial charge in [-0.3, -0.25) is 46.9 Å². The second kappa shape index (κ2) is 86.2. The highest BCUT2D eigenvalue weighted by Crippen LogP contribution is 2.44. The molecule has 0 fully saturated rings. The van der Waals surface area contributed by atoms with Crippen LogP contribution in [0.15, 0.2) is 0 Å². The minimum atomic E-state index is -4.86. The van der Waals surface area contributed by atoms with Crippen molar-refractivity contribution in [3.8, 4) is 0 Å². The first kappa shape index (κ1) is 114. The van der Waals surface area contributed by atoms with E-state index in [9.17, 15) is 57.9 Å². The highest BCUT2D eigenvalue weighted by Gasteiger charge is 2.30. The largest absolute Gasteiger partial charge is 0.472 e. The average Bonchev–Trinajstić information content (AvgIpc) is 0.902. The third kappa shape index (κ3) is 82.6. The van der Waals surface area contributed by atoms with Gasteiger partial charge in [-0.15, -0.1) is 0 Å². The molecule has 0 aromatic carbocycles. The average molecular weight is 1730 g/mol. The molecule has 0 radical (unpaired) electrons. The molecule has 686 valence electrons. The van der Waals surface area contributed by atoms with E-state index in [-0.39, 0.29) is 63.2 Å². The fraction of sp³-hybridized carbons (Fsp3) is 0.933. The monoisotopic (exact) mass is 1730 g/mol. The molecule has 0 aromatic rings. The summed E-state index contributed by atoms with van der Waals surface area (Å²) in [5.41, 5.74) is 0. The van der Waals surface area contributed by atoms with Crippen molar-refractivity contribution in [1.29, 1.82) is 0 Å². The summed E-state index contributed by atoms with van der Waals surface area (Å²) in [7, 11) is -7.15. The van der Waals surface area contributed by atoms with Crippen LogP contribution in [0.2, 0.25) is 0 Å². The molecule has 0 saturated heterocycles. The molecule has 6 atom stereocenters. The molecule has 6 N–H and O–H groups in total. The van der Waals surface area contributed by atoms with E-state index in [4.69, 9.17) is 37.0 Å². The van der Waals surface area contributed by atoms with Crippen LogP contribution in [0.25, 0.3) is 0 Å². The van der Waals surface area contributed by atoms with Crippen molar-refractivity contribution in [2.45, 2.75) is 476 Å². The maximum Gasteiger partial charge on any atom is 0.472 e. The lowest BCUT2D eigenvalue weighted by Gasteiger charge is -2.21. The second-order valence-electron chi connectivity index (χ2n) is 32.5. The van der Waals surface area contributed by atoms with E-state index >= 15 is 0 Å². The smallest absolute Gasteiger partial charge is 0.462 e. The van der Waals surface area contributed by atoms with Crippen LogP contribution in [0.1, 0.15) is 451 Å². The third-order valence-electron chi connectivity index (χ3n) is 21.2. The number of hydrogen-bond donors (Lipinski definition) is 6. The van der Waals surface area contributed by atoms with Gasteiger partial charge in [-0.25, -0.2) is 9.13 Å². The SMILES string of the molecule is CCCCCCCCCCCCCCCCCC(=O)OCC(COP(=O)(O)OCC(CO)NC(=O)CCSSCCC(=O)NC(CO)COP(=O)(O)OCC(COC(=O)CCCCCCCCCCCCCCCCC)OC(=O)CCCCCCCCCCCCCCCCC)OC(=O)CCCCCCCCCCCCCCCCC. The summed E-state index contributed by atoms with van der Waals surface area (Å²) in [5, 5.41) is 25.2. The molecule has 22 nitrogen and oxygen atoms in total. The number of carbonyl (C=O) groups excluding carboxylic acids is 6. The zero-order valence-corrected chi connectivity index (χ0v) is 77.5. The van der Waals surface area contributed by atoms with Gasteiger partial charge in [0.25, 0.3) is 0 Å². The van der Waals surface area contributed by atoms with E-state index < -0.39 is 115 Å². The molecule has 0 aromatic heterocycles. The van der Waals surface area contributed by atoms with Gasteiger partial charge in [-0.05, 0) is 25.7 Å². The fourth-order valence-electron chi connectivity index (χ4n) is 13.9. The first-order valence-corrected chi connectivity index (χ1v) is 52.9. The van der Waals surface area contributed by atoms with Crippen LogP contribution in [0.5, 0.6) is 0 Å². The maximum absolute atomic E-state index is 13.1. The summed E-state index contributed by atoms with van der Waals surface area (Å²) in [6, 6.07) is -2.19. The molecule has 0 aliphatic rings. The number of aliphatic hydroxyl groups is 2. The van der Waals surface area contributed by atoms with E-state index in [1.807, 2.05) is 0 Å². The minimum absolute atomic E-state index is 0.0288. The Bertz CT molecular complexity index is 2200. The molecule has 0 aliphatic heterocycles. The van der Waals surface area contributed by atoms with Gasteiger partial charge >= 0.3 is 39.5 Å². The molecule has 0 spiro atoms. The number of carbonyl (C=O) groups is 6. The molecule has 0 aliphatic carbocycles. The zero-order valence-electron chi connectivity index (χ0n) is 74.1. The van der Waals surface area contributed by atoms with Crippen LogP contribution in [-0.4, -0.2) is 144 Å². The van der Waals surface area contributed by atoms with Gasteiger partial charge in [0, 0.05) is 50.0 Å². The van der Waals surface area contributed by atoms with E-state index in [0.29, 0.717) is 25.7 Å². The maximum atomic E-state index is 13.1. The zero-order chi connectivity index (χ0) is 85.0. The number of esters is 4. The van der Waals surface area contributed by atoms with Crippen molar-refractivity contribution < 1.29 is 94.9 Å². The number of hydrogen-bond acceptors (Lipinski definition) is 20. The van der Waals surface area contributed by atoms with Crippen molar-refractivity contribution in [3.05, 3.63) is 0 Å². The topological polar surface area (TPSA) is 315 Å². The number of unbranched alkanes of at least 4 members (excludes halogenated alkanes) is 56. The van der Waals surface area contributed by atoms with Gasteiger partial charge in [0.2, 0.25) is 11.8 Å². The summed E-state index contributed by atoms with van der Waals surface area (Å²) in [4.78, 5) is 99.0. The Labute approximate surface area is 714 Å². The van der Waals surface area contributed by atoms with Crippen molar-refractivity contribution in [2.75, 3.05) is 64.4 Å². The number of nitrogens with one attached hydrogen (secondary N) is 2. The third-order valence-corrected chi connectivity index (χ3v) is 25.5. The number of aliphatic hydroxyl groups excluding tert-OH is 2. The lowest BCUT2D eigenvalue weighted by Crippen LogP contribution is -2.41. The fourth-order valence-corrected chi connectivity index (χ4v) is 17.4. The molecule has 0 rings (SSSR count). The van der Waals surface area contributed by atoms with E-state index in [2.05, 4.69) is 38.3 Å². The Hall–Kier alpha value is -2.34. The molecular weight excluding hydrogens is 1560 g/mol. The minimum Gasteiger partial charge on any atom is -0.462 e. The van der Waals surface area contributed by atoms with Gasteiger partial charge in [-0.2, -0.15) is 0 Å². The molecular formula is C90H174N2O20P2S2. The van der Waals surface area contributed by atoms with Gasteiger partial charge < -0.3 is 49.6 Å². The van der Waals surface area contributed by atoms with Gasteiger partial charge in [0.15, 0.2) is 12.2 Å². The summed E-state index contributed by atoms with van der Waals surface area (Å²) in [6.45, 7) is 4.45. The van der Waals surface area contributed by atoms with Crippen molar-refractivity contribution in [3.63, 3.8) is 0 Å². The van der Waals surface area contributed by atoms with Crippen LogP contribution in [-0.2, 0) is 74.9 Å². The van der Waals surface area contributed by atoms with Crippen molar-refractivity contribution >= 4 is 72.9 Å². The first-order valence-electron chi connectivity index (χ1n) is 47.4.